The van der Waals surface area contributed by atoms with Crippen molar-refractivity contribution in [3.05, 3.63) is 48.4 Å². The first-order chi connectivity index (χ1) is 8.88. The Kier molecular flexibility index (Phi) is 3.00. The highest BCUT2D eigenvalue weighted by molar-refractivity contribution is 7.99. The lowest BCUT2D eigenvalue weighted by atomic mass is 10.1. The van der Waals surface area contributed by atoms with Gasteiger partial charge in [-0.05, 0) is 11.6 Å². The number of fused-ring (bicyclic) bond motifs is 1. The molecule has 0 atom stereocenters. The molecule has 0 aliphatic heterocycles. The van der Waals surface area contributed by atoms with Crippen LogP contribution in [0.5, 0.6) is 0 Å². The highest BCUT2D eigenvalue weighted by Gasteiger charge is 2.10. The minimum absolute atomic E-state index is 0.473. The van der Waals surface area contributed by atoms with Crippen molar-refractivity contribution < 1.29 is 0 Å². The summed E-state index contributed by atoms with van der Waals surface area (Å²) in [5.41, 5.74) is 7.80. The fourth-order valence-electron chi connectivity index (χ4n) is 1.83. The summed E-state index contributed by atoms with van der Waals surface area (Å²) in [5, 5.41) is 1.97. The molecule has 5 heteroatoms. The van der Waals surface area contributed by atoms with Gasteiger partial charge in [0.2, 0.25) is 0 Å². The van der Waals surface area contributed by atoms with Crippen molar-refractivity contribution in [3.63, 3.8) is 0 Å². The van der Waals surface area contributed by atoms with Crippen LogP contribution < -0.4 is 5.73 Å². The molecule has 0 saturated carbocycles. The summed E-state index contributed by atoms with van der Waals surface area (Å²) in [4.78, 5) is 12.9. The molecule has 0 bridgehead atoms. The summed E-state index contributed by atoms with van der Waals surface area (Å²) in [6.45, 7) is 0.473. The largest absolute Gasteiger partial charge is 0.339 e. The standard InChI is InChI=1S/C13H12N4S/c14-7-9-8-17-11-4-2-1-3-10(11)12(9)18-13-15-5-6-16-13/h1-6,8H,7,14H2,(H,15,16). The van der Waals surface area contributed by atoms with E-state index >= 15 is 0 Å². The van der Waals surface area contributed by atoms with Gasteiger partial charge in [0.15, 0.2) is 5.16 Å². The Morgan fingerprint density at radius 2 is 2.11 bits per heavy atom. The predicted molar refractivity (Wildman–Crippen MR) is 72.3 cm³/mol. The van der Waals surface area contributed by atoms with Gasteiger partial charge >= 0.3 is 0 Å². The summed E-state index contributed by atoms with van der Waals surface area (Å²) in [6.07, 6.45) is 5.40. The number of nitrogens with one attached hydrogen (secondary N) is 1. The highest BCUT2D eigenvalue weighted by atomic mass is 32.2. The molecule has 0 unspecified atom stereocenters. The van der Waals surface area contributed by atoms with Crippen LogP contribution in [0, 0.1) is 0 Å². The minimum Gasteiger partial charge on any atom is -0.339 e. The zero-order chi connectivity index (χ0) is 12.4. The average molecular weight is 256 g/mol. The van der Waals surface area contributed by atoms with Gasteiger partial charge in [-0.15, -0.1) is 0 Å². The molecule has 18 heavy (non-hydrogen) atoms. The van der Waals surface area contributed by atoms with Crippen molar-refractivity contribution in [1.29, 1.82) is 0 Å². The van der Waals surface area contributed by atoms with Crippen molar-refractivity contribution >= 4 is 22.7 Å². The third-order valence-corrected chi connectivity index (χ3v) is 3.79. The second-order valence-electron chi connectivity index (χ2n) is 3.83. The zero-order valence-corrected chi connectivity index (χ0v) is 10.4. The van der Waals surface area contributed by atoms with E-state index in [-0.39, 0.29) is 0 Å². The average Bonchev–Trinajstić information content (AvgIpc) is 2.92. The van der Waals surface area contributed by atoms with Crippen molar-refractivity contribution in [1.82, 2.24) is 15.0 Å². The number of aromatic nitrogens is 3. The molecule has 0 spiro atoms. The molecule has 0 aliphatic carbocycles. The lowest BCUT2D eigenvalue weighted by molar-refractivity contribution is 1.01. The van der Waals surface area contributed by atoms with Crippen molar-refractivity contribution in [2.24, 2.45) is 5.73 Å². The van der Waals surface area contributed by atoms with E-state index in [9.17, 15) is 0 Å². The van der Waals surface area contributed by atoms with E-state index in [1.165, 1.54) is 0 Å². The zero-order valence-electron chi connectivity index (χ0n) is 9.63. The van der Waals surface area contributed by atoms with Crippen LogP contribution in [0.3, 0.4) is 0 Å². The van der Waals surface area contributed by atoms with E-state index in [0.717, 1.165) is 26.5 Å². The number of hydrogen-bond acceptors (Lipinski definition) is 4. The first-order valence-electron chi connectivity index (χ1n) is 5.62. The Morgan fingerprint density at radius 1 is 1.22 bits per heavy atom. The predicted octanol–water partition coefficient (Wildman–Crippen LogP) is 2.57. The lowest BCUT2D eigenvalue weighted by Crippen LogP contribution is -2.00. The summed E-state index contributed by atoms with van der Waals surface area (Å²) in [6, 6.07) is 8.06. The van der Waals surface area contributed by atoms with Crippen LogP contribution in [0.1, 0.15) is 5.56 Å². The molecule has 0 fully saturated rings. The lowest BCUT2D eigenvalue weighted by Gasteiger charge is -2.09. The van der Waals surface area contributed by atoms with Crippen molar-refractivity contribution in [3.8, 4) is 0 Å². The molecule has 3 aromatic rings. The van der Waals surface area contributed by atoms with Crippen molar-refractivity contribution in [2.45, 2.75) is 16.6 Å². The second-order valence-corrected chi connectivity index (χ2v) is 4.83. The van der Waals surface area contributed by atoms with E-state index in [4.69, 9.17) is 5.73 Å². The summed E-state index contributed by atoms with van der Waals surface area (Å²) in [5.74, 6) is 0. The van der Waals surface area contributed by atoms with Crippen LogP contribution in [-0.2, 0) is 6.54 Å². The number of nitrogens with zero attached hydrogens (tertiary/aromatic N) is 2. The third-order valence-electron chi connectivity index (χ3n) is 2.69. The molecular weight excluding hydrogens is 244 g/mol. The molecule has 1 aromatic carbocycles. The maximum atomic E-state index is 5.79. The fourth-order valence-corrected chi connectivity index (χ4v) is 2.81. The van der Waals surface area contributed by atoms with Gasteiger partial charge in [0, 0.05) is 35.4 Å². The van der Waals surface area contributed by atoms with Crippen LogP contribution in [0.4, 0.5) is 0 Å². The van der Waals surface area contributed by atoms with E-state index in [1.807, 2.05) is 30.6 Å². The van der Waals surface area contributed by atoms with E-state index in [1.54, 1.807) is 18.0 Å². The van der Waals surface area contributed by atoms with Gasteiger partial charge in [0.25, 0.3) is 0 Å². The van der Waals surface area contributed by atoms with Gasteiger partial charge in [0.05, 0.1) is 5.52 Å². The molecular formula is C13H12N4S. The molecule has 4 nitrogen and oxygen atoms in total. The molecule has 2 heterocycles. The fraction of sp³-hybridized carbons (Fsp3) is 0.0769. The topological polar surface area (TPSA) is 67.6 Å². The maximum absolute atomic E-state index is 5.79. The number of nitrogens with two attached hydrogens (primary N) is 1. The van der Waals surface area contributed by atoms with Gasteiger partial charge in [-0.1, -0.05) is 30.0 Å². The monoisotopic (exact) mass is 256 g/mol. The number of benzene rings is 1. The number of imidazole rings is 1. The number of rotatable bonds is 3. The Balaban J connectivity index is 2.17. The minimum atomic E-state index is 0.473. The Morgan fingerprint density at radius 3 is 2.89 bits per heavy atom. The Hall–Kier alpha value is -1.85. The molecule has 0 radical (unpaired) electrons. The summed E-state index contributed by atoms with van der Waals surface area (Å²) < 4.78 is 0. The first kappa shape index (κ1) is 11.3. The van der Waals surface area contributed by atoms with E-state index < -0.39 is 0 Å². The molecule has 3 rings (SSSR count). The smallest absolute Gasteiger partial charge is 0.170 e. The third kappa shape index (κ3) is 1.98. The number of H-pyrrole nitrogens is 1. The van der Waals surface area contributed by atoms with Gasteiger partial charge in [-0.25, -0.2) is 4.98 Å². The normalized spacial score (nSPS) is 10.9. The quantitative estimate of drug-likeness (QED) is 0.755. The molecule has 3 N–H and O–H groups in total. The summed E-state index contributed by atoms with van der Waals surface area (Å²) >= 11 is 1.59. The Bertz CT molecular complexity index is 664. The van der Waals surface area contributed by atoms with Crippen LogP contribution >= 0.6 is 11.8 Å². The number of pyridine rings is 1. The second kappa shape index (κ2) is 4.80. The van der Waals surface area contributed by atoms with Crippen LogP contribution in [0.15, 0.2) is 52.9 Å². The van der Waals surface area contributed by atoms with Gasteiger partial charge in [-0.3, -0.25) is 4.98 Å². The van der Waals surface area contributed by atoms with Gasteiger partial charge < -0.3 is 10.7 Å². The number of aromatic amines is 1. The summed E-state index contributed by atoms with van der Waals surface area (Å²) in [7, 11) is 0. The SMILES string of the molecule is NCc1cnc2ccccc2c1Sc1ncc[nH]1. The van der Waals surface area contributed by atoms with Gasteiger partial charge in [-0.2, -0.15) is 0 Å². The molecule has 2 aromatic heterocycles. The Labute approximate surface area is 109 Å². The molecule has 0 amide bonds. The molecule has 0 aliphatic rings. The van der Waals surface area contributed by atoms with Gasteiger partial charge in [0.1, 0.15) is 0 Å². The first-order valence-corrected chi connectivity index (χ1v) is 6.44. The maximum Gasteiger partial charge on any atom is 0.170 e. The number of hydrogen-bond donors (Lipinski definition) is 2. The van der Waals surface area contributed by atoms with Crippen LogP contribution in [0.25, 0.3) is 10.9 Å². The van der Waals surface area contributed by atoms with Crippen LogP contribution in [0.2, 0.25) is 0 Å². The molecule has 0 saturated heterocycles. The van der Waals surface area contributed by atoms with Crippen LogP contribution in [-0.4, -0.2) is 15.0 Å². The number of para-hydroxylation sites is 1. The molecule has 90 valence electrons. The van der Waals surface area contributed by atoms with Crippen molar-refractivity contribution in [2.75, 3.05) is 0 Å². The highest BCUT2D eigenvalue weighted by Crippen LogP contribution is 2.33. The van der Waals surface area contributed by atoms with E-state index in [0.29, 0.717) is 6.54 Å². The van der Waals surface area contributed by atoms with E-state index in [2.05, 4.69) is 21.0 Å².